The number of nitrogens with one attached hydrogen (secondary N) is 1. The largest absolute Gasteiger partial charge is 0.497 e. The average Bonchev–Trinajstić information content (AvgIpc) is 3.34. The molecule has 3 heterocycles. The lowest BCUT2D eigenvalue weighted by Gasteiger charge is -2.28. The van der Waals surface area contributed by atoms with E-state index in [0.717, 1.165) is 24.4 Å². The van der Waals surface area contributed by atoms with Crippen LogP contribution in [0.4, 0.5) is 0 Å². The molecule has 29 heavy (non-hydrogen) atoms. The van der Waals surface area contributed by atoms with Crippen molar-refractivity contribution in [2.24, 2.45) is 11.8 Å². The molecule has 2 aliphatic heterocycles. The van der Waals surface area contributed by atoms with E-state index in [1.54, 1.807) is 31.4 Å². The summed E-state index contributed by atoms with van der Waals surface area (Å²) in [7, 11) is 1.64. The van der Waals surface area contributed by atoms with Crippen molar-refractivity contribution in [1.29, 1.82) is 0 Å². The second-order valence-corrected chi connectivity index (χ2v) is 7.73. The van der Waals surface area contributed by atoms with Gasteiger partial charge in [0.2, 0.25) is 0 Å². The summed E-state index contributed by atoms with van der Waals surface area (Å²) in [4.78, 5) is 27.8. The number of likely N-dealkylation sites (tertiary alicyclic amines) is 1. The van der Waals surface area contributed by atoms with Gasteiger partial charge in [-0.3, -0.25) is 9.59 Å². The number of fused-ring (bicyclic) bond motifs is 2. The molecule has 0 saturated carbocycles. The number of carbonyl (C=O) groups is 1. The van der Waals surface area contributed by atoms with Crippen LogP contribution >= 0.6 is 0 Å². The maximum atomic E-state index is 13.4. The molecule has 0 bridgehead atoms. The second kappa shape index (κ2) is 7.04. The molecular weight excluding hydrogens is 368 g/mol. The third-order valence-electron chi connectivity index (χ3n) is 6.13. The van der Waals surface area contributed by atoms with Crippen molar-refractivity contribution in [2.75, 3.05) is 26.7 Å². The molecule has 1 amide bonds. The van der Waals surface area contributed by atoms with Crippen molar-refractivity contribution in [3.63, 3.8) is 0 Å². The number of ether oxygens (including phenoxy) is 1. The molecule has 148 valence electrons. The molecule has 3 atom stereocenters. The Labute approximate surface area is 168 Å². The number of amides is 1. The first-order chi connectivity index (χ1) is 14.2. The van der Waals surface area contributed by atoms with Crippen LogP contribution in [0.15, 0.2) is 63.8 Å². The molecular formula is C23H22N2O4. The van der Waals surface area contributed by atoms with E-state index in [0.29, 0.717) is 29.3 Å². The Bertz CT molecular complexity index is 1120. The van der Waals surface area contributed by atoms with Crippen LogP contribution in [0.25, 0.3) is 11.0 Å². The fraction of sp³-hybridized carbons (Fsp3) is 0.304. The van der Waals surface area contributed by atoms with Crippen LogP contribution in [0, 0.1) is 11.8 Å². The quantitative estimate of drug-likeness (QED) is 0.745. The summed E-state index contributed by atoms with van der Waals surface area (Å²) in [5.41, 5.74) is 1.31. The van der Waals surface area contributed by atoms with E-state index in [1.165, 1.54) is 6.07 Å². The molecule has 0 spiro atoms. The van der Waals surface area contributed by atoms with Gasteiger partial charge in [0.15, 0.2) is 11.2 Å². The minimum absolute atomic E-state index is 0.0646. The molecule has 2 aromatic carbocycles. The summed E-state index contributed by atoms with van der Waals surface area (Å²) in [5.74, 6) is 1.37. The van der Waals surface area contributed by atoms with Gasteiger partial charge >= 0.3 is 0 Å². The van der Waals surface area contributed by atoms with Crippen LogP contribution in [0.2, 0.25) is 0 Å². The molecule has 0 radical (unpaired) electrons. The molecule has 1 aromatic heterocycles. The van der Waals surface area contributed by atoms with E-state index in [9.17, 15) is 9.59 Å². The molecule has 6 nitrogen and oxygen atoms in total. The number of rotatable bonds is 3. The average molecular weight is 390 g/mol. The number of benzene rings is 2. The Morgan fingerprint density at radius 3 is 2.72 bits per heavy atom. The lowest BCUT2D eigenvalue weighted by atomic mass is 9.89. The van der Waals surface area contributed by atoms with E-state index >= 15 is 0 Å². The fourth-order valence-corrected chi connectivity index (χ4v) is 4.71. The molecule has 3 aromatic rings. The Hall–Kier alpha value is -3.12. The van der Waals surface area contributed by atoms with Gasteiger partial charge in [-0.2, -0.15) is 0 Å². The number of nitrogens with zero attached hydrogens (tertiary/aromatic N) is 1. The van der Waals surface area contributed by atoms with Crippen LogP contribution in [-0.4, -0.2) is 37.6 Å². The summed E-state index contributed by atoms with van der Waals surface area (Å²) in [6, 6.07) is 16.1. The standard InChI is InChI=1S/C23H22N2O4/c1-28-16-8-6-14(7-9-16)22-18-12-24-11-15(18)13-25(22)23(27)21-10-19(26)17-4-2-3-5-20(17)29-21/h2-10,15,18,22,24H,11-13H2,1H3/t15-,18-,22-/m0/s1. The predicted molar refractivity (Wildman–Crippen MR) is 109 cm³/mol. The number of methoxy groups -OCH3 is 1. The van der Waals surface area contributed by atoms with Crippen LogP contribution in [0.3, 0.4) is 0 Å². The normalized spacial score (nSPS) is 23.3. The summed E-state index contributed by atoms with van der Waals surface area (Å²) < 4.78 is 11.1. The van der Waals surface area contributed by atoms with Gasteiger partial charge in [0.05, 0.1) is 18.5 Å². The molecule has 2 aliphatic rings. The third kappa shape index (κ3) is 3.00. The molecule has 0 aliphatic carbocycles. The van der Waals surface area contributed by atoms with Crippen LogP contribution < -0.4 is 15.5 Å². The maximum Gasteiger partial charge on any atom is 0.290 e. The number of hydrogen-bond donors (Lipinski definition) is 1. The highest BCUT2D eigenvalue weighted by atomic mass is 16.5. The van der Waals surface area contributed by atoms with Gasteiger partial charge in [-0.15, -0.1) is 0 Å². The third-order valence-corrected chi connectivity index (χ3v) is 6.13. The summed E-state index contributed by atoms with van der Waals surface area (Å²) in [6.45, 7) is 2.40. The van der Waals surface area contributed by atoms with Crippen LogP contribution in [0.5, 0.6) is 5.75 Å². The van der Waals surface area contributed by atoms with Crippen LogP contribution in [-0.2, 0) is 0 Å². The highest BCUT2D eigenvalue weighted by Gasteiger charge is 2.47. The zero-order chi connectivity index (χ0) is 20.0. The molecule has 2 saturated heterocycles. The molecule has 6 heteroatoms. The Morgan fingerprint density at radius 2 is 1.93 bits per heavy atom. The van der Waals surface area contributed by atoms with E-state index in [-0.39, 0.29) is 23.1 Å². The van der Waals surface area contributed by atoms with E-state index in [4.69, 9.17) is 9.15 Å². The molecule has 2 fully saturated rings. The van der Waals surface area contributed by atoms with E-state index < -0.39 is 0 Å². The first kappa shape index (κ1) is 17.9. The predicted octanol–water partition coefficient (Wildman–Crippen LogP) is 2.83. The van der Waals surface area contributed by atoms with Gasteiger partial charge in [-0.05, 0) is 35.7 Å². The lowest BCUT2D eigenvalue weighted by molar-refractivity contribution is 0.0682. The van der Waals surface area contributed by atoms with Crippen LogP contribution in [0.1, 0.15) is 22.2 Å². The van der Waals surface area contributed by atoms with Crippen molar-refractivity contribution < 1.29 is 13.9 Å². The minimum atomic E-state index is -0.233. The highest BCUT2D eigenvalue weighted by Crippen LogP contribution is 2.43. The Balaban J connectivity index is 1.54. The first-order valence-corrected chi connectivity index (χ1v) is 9.84. The molecule has 1 N–H and O–H groups in total. The SMILES string of the molecule is COc1ccc([C@H]2[C@H]3CNC[C@H]3CN2C(=O)c2cc(=O)c3ccccc3o2)cc1. The summed E-state index contributed by atoms with van der Waals surface area (Å²) in [5, 5.41) is 3.93. The second-order valence-electron chi connectivity index (χ2n) is 7.73. The Kier molecular flexibility index (Phi) is 4.36. The molecule has 5 rings (SSSR count). The molecule has 0 unspecified atom stereocenters. The summed E-state index contributed by atoms with van der Waals surface area (Å²) in [6.07, 6.45) is 0. The van der Waals surface area contributed by atoms with Crippen molar-refractivity contribution >= 4 is 16.9 Å². The lowest BCUT2D eigenvalue weighted by Crippen LogP contribution is -2.35. The fourth-order valence-electron chi connectivity index (χ4n) is 4.71. The topological polar surface area (TPSA) is 71.8 Å². The zero-order valence-electron chi connectivity index (χ0n) is 16.1. The van der Waals surface area contributed by atoms with Gasteiger partial charge in [-0.1, -0.05) is 24.3 Å². The van der Waals surface area contributed by atoms with Gasteiger partial charge < -0.3 is 19.4 Å². The van der Waals surface area contributed by atoms with Crippen molar-refractivity contribution in [2.45, 2.75) is 6.04 Å². The smallest absolute Gasteiger partial charge is 0.290 e. The van der Waals surface area contributed by atoms with Crippen molar-refractivity contribution in [3.05, 3.63) is 76.1 Å². The van der Waals surface area contributed by atoms with Gasteiger partial charge in [0, 0.05) is 31.6 Å². The van der Waals surface area contributed by atoms with E-state index in [2.05, 4.69) is 5.32 Å². The minimum Gasteiger partial charge on any atom is -0.497 e. The first-order valence-electron chi connectivity index (χ1n) is 9.84. The summed E-state index contributed by atoms with van der Waals surface area (Å²) >= 11 is 0. The highest BCUT2D eigenvalue weighted by molar-refractivity contribution is 5.93. The number of hydrogen-bond acceptors (Lipinski definition) is 5. The maximum absolute atomic E-state index is 13.4. The van der Waals surface area contributed by atoms with Gasteiger partial charge in [-0.25, -0.2) is 0 Å². The van der Waals surface area contributed by atoms with Crippen molar-refractivity contribution in [1.82, 2.24) is 10.2 Å². The Morgan fingerprint density at radius 1 is 1.14 bits per heavy atom. The monoisotopic (exact) mass is 390 g/mol. The van der Waals surface area contributed by atoms with Gasteiger partial charge in [0.25, 0.3) is 5.91 Å². The van der Waals surface area contributed by atoms with Crippen molar-refractivity contribution in [3.8, 4) is 5.75 Å². The number of para-hydroxylation sites is 1. The number of carbonyl (C=O) groups excluding carboxylic acids is 1. The zero-order valence-corrected chi connectivity index (χ0v) is 16.1. The van der Waals surface area contributed by atoms with E-state index in [1.807, 2.05) is 29.2 Å². The van der Waals surface area contributed by atoms with Gasteiger partial charge in [0.1, 0.15) is 11.3 Å².